The lowest BCUT2D eigenvalue weighted by Crippen LogP contribution is -2.45. The van der Waals surface area contributed by atoms with Gasteiger partial charge in [-0.05, 0) is 30.8 Å². The smallest absolute Gasteiger partial charge is 0.155 e. The number of carbonyl (C=O) groups is 1. The number of rotatable bonds is 3. The molecule has 1 fully saturated rings. The quantitative estimate of drug-likeness (QED) is 0.852. The van der Waals surface area contributed by atoms with E-state index in [0.29, 0.717) is 10.6 Å². The number of nitrogens with zero attached hydrogens (tertiary/aromatic N) is 1. The van der Waals surface area contributed by atoms with Gasteiger partial charge in [0.25, 0.3) is 0 Å². The summed E-state index contributed by atoms with van der Waals surface area (Å²) in [5.41, 5.74) is 0.575. The minimum Gasteiger partial charge on any atom is -0.298 e. The summed E-state index contributed by atoms with van der Waals surface area (Å²) in [7, 11) is 1.95. The van der Waals surface area contributed by atoms with Crippen LogP contribution in [0.2, 0.25) is 5.02 Å². The van der Waals surface area contributed by atoms with Crippen LogP contribution in [0.15, 0.2) is 18.2 Å². The average Bonchev–Trinajstić information content (AvgIpc) is 2.34. The van der Waals surface area contributed by atoms with E-state index < -0.39 is 0 Å². The summed E-state index contributed by atoms with van der Waals surface area (Å²) in [5, 5.41) is 0.455. The Balaban J connectivity index is 2.08. The summed E-state index contributed by atoms with van der Waals surface area (Å²) in [5.74, 6) is 1.62. The van der Waals surface area contributed by atoms with Crippen molar-refractivity contribution < 1.29 is 9.18 Å². The fourth-order valence-electron chi connectivity index (χ4n) is 2.01. The predicted molar refractivity (Wildman–Crippen MR) is 73.9 cm³/mol. The molecule has 0 amide bonds. The Morgan fingerprint density at radius 2 is 2.39 bits per heavy atom. The number of hydrogen-bond donors (Lipinski definition) is 0. The Kier molecular flexibility index (Phi) is 4.65. The standard InChI is InChI=1S/C13H15ClFNOS/c1-16-4-5-18-8-12(16)13(17)7-9-6-10(15)2-3-11(9)14/h2-3,6,12H,4-5,7-8H2,1H3. The summed E-state index contributed by atoms with van der Waals surface area (Å²) in [6.07, 6.45) is 0.201. The second-order valence-electron chi connectivity index (χ2n) is 4.45. The van der Waals surface area contributed by atoms with Crippen LogP contribution in [0.25, 0.3) is 0 Å². The number of hydrogen-bond acceptors (Lipinski definition) is 3. The van der Waals surface area contributed by atoms with Gasteiger partial charge in [0.05, 0.1) is 6.04 Å². The van der Waals surface area contributed by atoms with Gasteiger partial charge in [-0.2, -0.15) is 11.8 Å². The number of Topliss-reactive ketones (excluding diaryl/α,β-unsaturated/α-hetero) is 1. The minimum atomic E-state index is -0.353. The zero-order chi connectivity index (χ0) is 13.1. The fraction of sp³-hybridized carbons (Fsp3) is 0.462. The molecule has 1 unspecified atom stereocenters. The molecule has 1 heterocycles. The molecule has 0 radical (unpaired) electrons. The lowest BCUT2D eigenvalue weighted by Gasteiger charge is -2.30. The van der Waals surface area contributed by atoms with E-state index in [0.717, 1.165) is 18.1 Å². The zero-order valence-electron chi connectivity index (χ0n) is 10.2. The molecule has 1 aliphatic rings. The maximum atomic E-state index is 13.1. The molecule has 1 atom stereocenters. The number of benzene rings is 1. The van der Waals surface area contributed by atoms with Gasteiger partial charge in [0.15, 0.2) is 5.78 Å². The highest BCUT2D eigenvalue weighted by molar-refractivity contribution is 7.99. The molecule has 1 aliphatic heterocycles. The topological polar surface area (TPSA) is 20.3 Å². The maximum Gasteiger partial charge on any atom is 0.155 e. The molecule has 0 N–H and O–H groups in total. The summed E-state index contributed by atoms with van der Waals surface area (Å²) >= 11 is 7.76. The first-order chi connectivity index (χ1) is 8.58. The monoisotopic (exact) mass is 287 g/mol. The van der Waals surface area contributed by atoms with E-state index in [2.05, 4.69) is 4.90 Å². The lowest BCUT2D eigenvalue weighted by atomic mass is 10.0. The molecule has 98 valence electrons. The number of thioether (sulfide) groups is 1. The van der Waals surface area contributed by atoms with Crippen molar-refractivity contribution in [2.75, 3.05) is 25.1 Å². The van der Waals surface area contributed by atoms with Crippen LogP contribution in [0.1, 0.15) is 5.56 Å². The number of carbonyl (C=O) groups excluding carboxylic acids is 1. The third-order valence-corrected chi connectivity index (χ3v) is 4.53. The molecule has 1 aromatic rings. The Morgan fingerprint density at radius 3 is 3.11 bits per heavy atom. The molecule has 2 rings (SSSR count). The molecular weight excluding hydrogens is 273 g/mol. The van der Waals surface area contributed by atoms with Crippen molar-refractivity contribution in [3.63, 3.8) is 0 Å². The molecular formula is C13H15ClFNOS. The van der Waals surface area contributed by atoms with Gasteiger partial charge in [0, 0.05) is 29.5 Å². The molecule has 0 bridgehead atoms. The molecule has 2 nitrogen and oxygen atoms in total. The van der Waals surface area contributed by atoms with Crippen molar-refractivity contribution in [3.05, 3.63) is 34.6 Å². The molecule has 5 heteroatoms. The highest BCUT2D eigenvalue weighted by Gasteiger charge is 2.26. The van der Waals surface area contributed by atoms with Gasteiger partial charge < -0.3 is 0 Å². The normalized spacial score (nSPS) is 20.9. The summed E-state index contributed by atoms with van der Waals surface area (Å²) < 4.78 is 13.1. The molecule has 0 aliphatic carbocycles. The van der Waals surface area contributed by atoms with E-state index in [1.54, 1.807) is 11.8 Å². The van der Waals surface area contributed by atoms with Crippen molar-refractivity contribution in [1.82, 2.24) is 4.90 Å². The second-order valence-corrected chi connectivity index (χ2v) is 6.01. The van der Waals surface area contributed by atoms with Crippen LogP contribution in [0, 0.1) is 5.82 Å². The van der Waals surface area contributed by atoms with Crippen molar-refractivity contribution >= 4 is 29.1 Å². The van der Waals surface area contributed by atoms with Crippen LogP contribution in [0.4, 0.5) is 4.39 Å². The number of likely N-dealkylation sites (N-methyl/N-ethyl adjacent to an activating group) is 1. The van der Waals surface area contributed by atoms with Crippen molar-refractivity contribution in [3.8, 4) is 0 Å². The Bertz CT molecular complexity index is 455. The molecule has 0 saturated carbocycles. The van der Waals surface area contributed by atoms with Crippen molar-refractivity contribution in [2.45, 2.75) is 12.5 Å². The fourth-order valence-corrected chi connectivity index (χ4v) is 3.44. The van der Waals surface area contributed by atoms with Crippen LogP contribution in [0.3, 0.4) is 0 Å². The molecule has 0 aromatic heterocycles. The van der Waals surface area contributed by atoms with E-state index in [-0.39, 0.29) is 24.1 Å². The van der Waals surface area contributed by atoms with Gasteiger partial charge in [0.1, 0.15) is 5.82 Å². The number of halogens is 2. The van der Waals surface area contributed by atoms with Crippen LogP contribution in [-0.4, -0.2) is 41.8 Å². The first-order valence-corrected chi connectivity index (χ1v) is 7.36. The van der Waals surface area contributed by atoms with E-state index in [1.165, 1.54) is 18.2 Å². The Hall–Kier alpha value is -0.580. The highest BCUT2D eigenvalue weighted by Crippen LogP contribution is 2.21. The Morgan fingerprint density at radius 1 is 1.61 bits per heavy atom. The van der Waals surface area contributed by atoms with Crippen molar-refractivity contribution in [1.29, 1.82) is 0 Å². The Labute approximate surface area is 115 Å². The van der Waals surface area contributed by atoms with Gasteiger partial charge in [-0.1, -0.05) is 11.6 Å². The largest absolute Gasteiger partial charge is 0.298 e. The SMILES string of the molecule is CN1CCSCC1C(=O)Cc1cc(F)ccc1Cl. The van der Waals surface area contributed by atoms with Crippen LogP contribution < -0.4 is 0 Å². The highest BCUT2D eigenvalue weighted by atomic mass is 35.5. The number of ketones is 1. The second kappa shape index (κ2) is 6.04. The maximum absolute atomic E-state index is 13.1. The molecule has 1 aromatic carbocycles. The summed E-state index contributed by atoms with van der Waals surface area (Å²) in [4.78, 5) is 14.3. The molecule has 18 heavy (non-hydrogen) atoms. The summed E-state index contributed by atoms with van der Waals surface area (Å²) in [6.45, 7) is 0.915. The zero-order valence-corrected chi connectivity index (χ0v) is 11.7. The summed E-state index contributed by atoms with van der Waals surface area (Å²) in [6, 6.07) is 4.07. The van der Waals surface area contributed by atoms with Crippen LogP contribution in [0.5, 0.6) is 0 Å². The molecule has 0 spiro atoms. The van der Waals surface area contributed by atoms with Crippen LogP contribution in [-0.2, 0) is 11.2 Å². The van der Waals surface area contributed by atoms with Gasteiger partial charge in [-0.3, -0.25) is 9.69 Å². The van der Waals surface area contributed by atoms with Crippen molar-refractivity contribution in [2.24, 2.45) is 0 Å². The van der Waals surface area contributed by atoms with Gasteiger partial charge in [0.2, 0.25) is 0 Å². The van der Waals surface area contributed by atoms with E-state index >= 15 is 0 Å². The van der Waals surface area contributed by atoms with E-state index in [4.69, 9.17) is 11.6 Å². The van der Waals surface area contributed by atoms with E-state index in [9.17, 15) is 9.18 Å². The third kappa shape index (κ3) is 3.25. The van der Waals surface area contributed by atoms with Gasteiger partial charge in [-0.15, -0.1) is 0 Å². The lowest BCUT2D eigenvalue weighted by molar-refractivity contribution is -0.122. The predicted octanol–water partition coefficient (Wildman–Crippen LogP) is 2.64. The third-order valence-electron chi connectivity index (χ3n) is 3.14. The van der Waals surface area contributed by atoms with Gasteiger partial charge in [-0.25, -0.2) is 4.39 Å². The van der Waals surface area contributed by atoms with Crippen LogP contribution >= 0.6 is 23.4 Å². The minimum absolute atomic E-state index is 0.0805. The average molecular weight is 288 g/mol. The van der Waals surface area contributed by atoms with E-state index in [1.807, 2.05) is 7.05 Å². The van der Waals surface area contributed by atoms with Gasteiger partial charge >= 0.3 is 0 Å². The first kappa shape index (κ1) is 13.8. The molecule has 1 saturated heterocycles. The first-order valence-electron chi connectivity index (χ1n) is 5.82.